The van der Waals surface area contributed by atoms with E-state index in [1.165, 1.54) is 44.6 Å². The molecule has 1 unspecified atom stereocenters. The van der Waals surface area contributed by atoms with Crippen molar-refractivity contribution in [2.24, 2.45) is 0 Å². The first-order valence-corrected chi connectivity index (χ1v) is 6.64. The van der Waals surface area contributed by atoms with Gasteiger partial charge in [-0.15, -0.1) is 0 Å². The van der Waals surface area contributed by atoms with Crippen molar-refractivity contribution >= 4 is 11.8 Å². The standard InChI is InChI=1S/C10H22N2S/c1-12(7-3-4-8-13-2)10-5-6-11-9-10/h10-11H,3-9H2,1-2H3. The third kappa shape index (κ3) is 4.34. The van der Waals surface area contributed by atoms with Crippen LogP contribution in [0, 0.1) is 0 Å². The minimum Gasteiger partial charge on any atom is -0.315 e. The van der Waals surface area contributed by atoms with Crippen LogP contribution in [0.15, 0.2) is 0 Å². The van der Waals surface area contributed by atoms with E-state index in [1.54, 1.807) is 0 Å². The quantitative estimate of drug-likeness (QED) is 0.656. The van der Waals surface area contributed by atoms with Gasteiger partial charge in [0.05, 0.1) is 0 Å². The number of nitrogens with one attached hydrogen (secondary N) is 1. The van der Waals surface area contributed by atoms with E-state index >= 15 is 0 Å². The van der Waals surface area contributed by atoms with E-state index in [2.05, 4.69) is 23.5 Å². The van der Waals surface area contributed by atoms with Gasteiger partial charge in [-0.3, -0.25) is 0 Å². The second kappa shape index (κ2) is 6.68. The summed E-state index contributed by atoms with van der Waals surface area (Å²) >= 11 is 1.95. The molecule has 0 aromatic rings. The average molecular weight is 202 g/mol. The summed E-state index contributed by atoms with van der Waals surface area (Å²) in [5, 5.41) is 3.41. The summed E-state index contributed by atoms with van der Waals surface area (Å²) in [6.07, 6.45) is 6.24. The second-order valence-corrected chi connectivity index (χ2v) is 4.81. The lowest BCUT2D eigenvalue weighted by Gasteiger charge is -2.23. The van der Waals surface area contributed by atoms with Crippen molar-refractivity contribution in [3.63, 3.8) is 0 Å². The van der Waals surface area contributed by atoms with Crippen molar-refractivity contribution in [1.29, 1.82) is 0 Å². The van der Waals surface area contributed by atoms with Crippen LogP contribution in [0.4, 0.5) is 0 Å². The third-order valence-electron chi connectivity index (χ3n) is 2.77. The van der Waals surface area contributed by atoms with Gasteiger partial charge < -0.3 is 10.2 Å². The molecule has 1 fully saturated rings. The molecule has 1 heterocycles. The first-order chi connectivity index (χ1) is 6.34. The fourth-order valence-corrected chi connectivity index (χ4v) is 2.30. The lowest BCUT2D eigenvalue weighted by atomic mass is 10.2. The van der Waals surface area contributed by atoms with E-state index < -0.39 is 0 Å². The van der Waals surface area contributed by atoms with Gasteiger partial charge >= 0.3 is 0 Å². The van der Waals surface area contributed by atoms with Crippen LogP contribution in [0.5, 0.6) is 0 Å². The van der Waals surface area contributed by atoms with Gasteiger partial charge in [0.1, 0.15) is 0 Å². The molecule has 0 saturated carbocycles. The molecule has 0 aromatic heterocycles. The number of rotatable bonds is 6. The SMILES string of the molecule is CSCCCCN(C)C1CCNC1. The molecule has 13 heavy (non-hydrogen) atoms. The zero-order valence-corrected chi connectivity index (χ0v) is 9.70. The molecule has 1 rings (SSSR count). The fraction of sp³-hybridized carbons (Fsp3) is 1.00. The van der Waals surface area contributed by atoms with Crippen molar-refractivity contribution in [3.8, 4) is 0 Å². The van der Waals surface area contributed by atoms with Gasteiger partial charge in [-0.05, 0) is 51.4 Å². The van der Waals surface area contributed by atoms with E-state index in [1.807, 2.05) is 11.8 Å². The Labute approximate surface area is 86.5 Å². The summed E-state index contributed by atoms with van der Waals surface area (Å²) in [6.45, 7) is 3.67. The van der Waals surface area contributed by atoms with E-state index in [-0.39, 0.29) is 0 Å². The molecule has 1 N–H and O–H groups in total. The van der Waals surface area contributed by atoms with Crippen LogP contribution in [0.25, 0.3) is 0 Å². The Hall–Kier alpha value is 0.270. The van der Waals surface area contributed by atoms with Gasteiger partial charge in [-0.25, -0.2) is 0 Å². The maximum absolute atomic E-state index is 3.41. The van der Waals surface area contributed by atoms with E-state index in [0.717, 1.165) is 6.04 Å². The molecule has 1 aliphatic heterocycles. The van der Waals surface area contributed by atoms with Crippen molar-refractivity contribution in [3.05, 3.63) is 0 Å². The van der Waals surface area contributed by atoms with Crippen molar-refractivity contribution < 1.29 is 0 Å². The highest BCUT2D eigenvalue weighted by molar-refractivity contribution is 7.98. The molecular weight excluding hydrogens is 180 g/mol. The predicted molar refractivity (Wildman–Crippen MR) is 61.5 cm³/mol. The van der Waals surface area contributed by atoms with E-state index in [4.69, 9.17) is 0 Å². The summed E-state index contributed by atoms with van der Waals surface area (Å²) in [5.41, 5.74) is 0. The van der Waals surface area contributed by atoms with Gasteiger partial charge in [0, 0.05) is 12.6 Å². The molecule has 0 bridgehead atoms. The Morgan fingerprint density at radius 3 is 2.92 bits per heavy atom. The zero-order valence-electron chi connectivity index (χ0n) is 8.88. The van der Waals surface area contributed by atoms with Crippen LogP contribution < -0.4 is 5.32 Å². The molecule has 0 spiro atoms. The Morgan fingerprint density at radius 1 is 1.46 bits per heavy atom. The number of likely N-dealkylation sites (N-methyl/N-ethyl adjacent to an activating group) is 1. The van der Waals surface area contributed by atoms with Gasteiger partial charge in [-0.1, -0.05) is 0 Å². The summed E-state index contributed by atoms with van der Waals surface area (Å²) in [7, 11) is 2.26. The minimum absolute atomic E-state index is 0.800. The molecule has 0 amide bonds. The molecule has 2 nitrogen and oxygen atoms in total. The zero-order chi connectivity index (χ0) is 9.52. The van der Waals surface area contributed by atoms with Crippen LogP contribution in [0.3, 0.4) is 0 Å². The minimum atomic E-state index is 0.800. The Kier molecular flexibility index (Phi) is 5.83. The third-order valence-corrected chi connectivity index (χ3v) is 3.46. The van der Waals surface area contributed by atoms with Gasteiger partial charge in [0.25, 0.3) is 0 Å². The highest BCUT2D eigenvalue weighted by Crippen LogP contribution is 2.08. The molecule has 1 saturated heterocycles. The summed E-state index contributed by atoms with van der Waals surface area (Å²) in [4.78, 5) is 2.51. The maximum atomic E-state index is 3.41. The lowest BCUT2D eigenvalue weighted by Crippen LogP contribution is -2.34. The van der Waals surface area contributed by atoms with Crippen LogP contribution in [-0.2, 0) is 0 Å². The summed E-state index contributed by atoms with van der Waals surface area (Å²) in [6, 6.07) is 0.800. The maximum Gasteiger partial charge on any atom is 0.0229 e. The Bertz CT molecular complexity index is 124. The monoisotopic (exact) mass is 202 g/mol. The van der Waals surface area contributed by atoms with E-state index in [0.29, 0.717) is 0 Å². The highest BCUT2D eigenvalue weighted by atomic mass is 32.2. The van der Waals surface area contributed by atoms with Gasteiger partial charge in [0.15, 0.2) is 0 Å². The predicted octanol–water partition coefficient (Wildman–Crippen LogP) is 1.42. The Balaban J connectivity index is 1.99. The number of hydrogen-bond donors (Lipinski definition) is 1. The fourth-order valence-electron chi connectivity index (χ4n) is 1.81. The first kappa shape index (κ1) is 11.3. The molecule has 0 radical (unpaired) electrons. The topological polar surface area (TPSA) is 15.3 Å². The number of nitrogens with zero attached hydrogens (tertiary/aromatic N) is 1. The highest BCUT2D eigenvalue weighted by Gasteiger charge is 2.17. The summed E-state index contributed by atoms with van der Waals surface area (Å²) < 4.78 is 0. The largest absolute Gasteiger partial charge is 0.315 e. The summed E-state index contributed by atoms with van der Waals surface area (Å²) in [5.74, 6) is 1.32. The van der Waals surface area contributed by atoms with Gasteiger partial charge in [-0.2, -0.15) is 11.8 Å². The van der Waals surface area contributed by atoms with Crippen molar-refractivity contribution in [1.82, 2.24) is 10.2 Å². The van der Waals surface area contributed by atoms with Crippen LogP contribution >= 0.6 is 11.8 Å². The normalized spacial score (nSPS) is 22.8. The Morgan fingerprint density at radius 2 is 2.31 bits per heavy atom. The van der Waals surface area contributed by atoms with Crippen LogP contribution in [0.1, 0.15) is 19.3 Å². The molecule has 78 valence electrons. The number of thioether (sulfide) groups is 1. The average Bonchev–Trinajstić information content (AvgIpc) is 2.65. The smallest absolute Gasteiger partial charge is 0.0229 e. The second-order valence-electron chi connectivity index (χ2n) is 3.83. The first-order valence-electron chi connectivity index (χ1n) is 5.24. The molecule has 3 heteroatoms. The van der Waals surface area contributed by atoms with Crippen molar-refractivity contribution in [2.45, 2.75) is 25.3 Å². The van der Waals surface area contributed by atoms with Crippen LogP contribution in [0.2, 0.25) is 0 Å². The number of unbranched alkanes of at least 4 members (excludes halogenated alkanes) is 1. The molecule has 0 aromatic carbocycles. The molecular formula is C10H22N2S. The van der Waals surface area contributed by atoms with Crippen molar-refractivity contribution in [2.75, 3.05) is 38.7 Å². The molecule has 1 atom stereocenters. The van der Waals surface area contributed by atoms with Crippen LogP contribution in [-0.4, -0.2) is 49.6 Å². The van der Waals surface area contributed by atoms with E-state index in [9.17, 15) is 0 Å². The number of hydrogen-bond acceptors (Lipinski definition) is 3. The van der Waals surface area contributed by atoms with Gasteiger partial charge in [0.2, 0.25) is 0 Å². The molecule has 0 aliphatic carbocycles. The lowest BCUT2D eigenvalue weighted by molar-refractivity contribution is 0.253. The molecule has 1 aliphatic rings.